The number of amides is 2. The minimum Gasteiger partial charge on any atom is -0.372 e. The van der Waals surface area contributed by atoms with Crippen molar-refractivity contribution >= 4 is 39.1 Å². The Labute approximate surface area is 137 Å². The molecule has 0 bridgehead atoms. The summed E-state index contributed by atoms with van der Waals surface area (Å²) in [5.41, 5.74) is 2.45. The second-order valence-electron chi connectivity index (χ2n) is 5.29. The fourth-order valence-electron chi connectivity index (χ4n) is 2.55. The highest BCUT2D eigenvalue weighted by Gasteiger charge is 2.39. The molecule has 1 saturated heterocycles. The van der Waals surface area contributed by atoms with Crippen LogP contribution in [0.4, 0.5) is 11.4 Å². The SMILES string of the molecule is Cc1cccc(N2C(=O)C[C@H](Nc3ccccc3Br)C2=O)c1. The molecule has 4 nitrogen and oxygen atoms in total. The van der Waals surface area contributed by atoms with Crippen LogP contribution < -0.4 is 10.2 Å². The van der Waals surface area contributed by atoms with Crippen LogP contribution in [0, 0.1) is 6.92 Å². The summed E-state index contributed by atoms with van der Waals surface area (Å²) < 4.78 is 0.865. The van der Waals surface area contributed by atoms with Gasteiger partial charge in [0.25, 0.3) is 5.91 Å². The number of carbonyl (C=O) groups is 2. The van der Waals surface area contributed by atoms with Crippen LogP contribution in [0.1, 0.15) is 12.0 Å². The monoisotopic (exact) mass is 358 g/mol. The molecule has 22 heavy (non-hydrogen) atoms. The fourth-order valence-corrected chi connectivity index (χ4v) is 2.95. The maximum absolute atomic E-state index is 12.6. The van der Waals surface area contributed by atoms with Gasteiger partial charge in [-0.15, -0.1) is 0 Å². The molecule has 1 aliphatic rings. The van der Waals surface area contributed by atoms with E-state index in [1.165, 1.54) is 4.90 Å². The molecule has 2 aromatic rings. The quantitative estimate of drug-likeness (QED) is 0.854. The Morgan fingerprint density at radius 3 is 2.64 bits per heavy atom. The van der Waals surface area contributed by atoms with E-state index in [0.717, 1.165) is 15.7 Å². The van der Waals surface area contributed by atoms with Gasteiger partial charge in [0.2, 0.25) is 5.91 Å². The van der Waals surface area contributed by atoms with Crippen LogP contribution in [-0.4, -0.2) is 17.9 Å². The number of imide groups is 1. The van der Waals surface area contributed by atoms with Crippen molar-refractivity contribution in [3.63, 3.8) is 0 Å². The molecule has 2 aromatic carbocycles. The van der Waals surface area contributed by atoms with Crippen LogP contribution in [0.5, 0.6) is 0 Å². The van der Waals surface area contributed by atoms with E-state index in [1.54, 1.807) is 6.07 Å². The zero-order valence-corrected chi connectivity index (χ0v) is 13.6. The van der Waals surface area contributed by atoms with Crippen molar-refractivity contribution < 1.29 is 9.59 Å². The maximum Gasteiger partial charge on any atom is 0.256 e. The van der Waals surface area contributed by atoms with Gasteiger partial charge in [-0.25, -0.2) is 4.90 Å². The Morgan fingerprint density at radius 1 is 1.14 bits per heavy atom. The summed E-state index contributed by atoms with van der Waals surface area (Å²) in [5.74, 6) is -0.397. The minimum absolute atomic E-state index is 0.161. The molecular formula is C17H15BrN2O2. The molecule has 0 spiro atoms. The lowest BCUT2D eigenvalue weighted by molar-refractivity contribution is -0.121. The first kappa shape index (κ1) is 14.8. The molecule has 112 valence electrons. The molecular weight excluding hydrogens is 344 g/mol. The van der Waals surface area contributed by atoms with E-state index in [1.807, 2.05) is 49.4 Å². The fraction of sp³-hybridized carbons (Fsp3) is 0.176. The third-order valence-corrected chi connectivity index (χ3v) is 4.30. The molecule has 1 atom stereocenters. The van der Waals surface area contributed by atoms with Gasteiger partial charge in [0.05, 0.1) is 12.1 Å². The van der Waals surface area contributed by atoms with Gasteiger partial charge in [0.15, 0.2) is 0 Å². The molecule has 1 heterocycles. The highest BCUT2D eigenvalue weighted by atomic mass is 79.9. The van der Waals surface area contributed by atoms with Crippen LogP contribution in [-0.2, 0) is 9.59 Å². The number of nitrogens with zero attached hydrogens (tertiary/aromatic N) is 1. The maximum atomic E-state index is 12.6. The summed E-state index contributed by atoms with van der Waals surface area (Å²) in [5, 5.41) is 3.14. The third-order valence-electron chi connectivity index (χ3n) is 3.61. The summed E-state index contributed by atoms with van der Waals surface area (Å²) in [6.45, 7) is 1.94. The molecule has 5 heteroatoms. The van der Waals surface area contributed by atoms with Crippen LogP contribution in [0.3, 0.4) is 0 Å². The van der Waals surface area contributed by atoms with Crippen molar-refractivity contribution in [3.05, 3.63) is 58.6 Å². The highest BCUT2D eigenvalue weighted by molar-refractivity contribution is 9.10. The van der Waals surface area contributed by atoms with Crippen molar-refractivity contribution in [2.24, 2.45) is 0 Å². The summed E-state index contributed by atoms with van der Waals surface area (Å²) in [6, 6.07) is 14.4. The summed E-state index contributed by atoms with van der Waals surface area (Å²) in [4.78, 5) is 26.1. The molecule has 1 aliphatic heterocycles. The topological polar surface area (TPSA) is 49.4 Å². The van der Waals surface area contributed by atoms with E-state index in [-0.39, 0.29) is 18.2 Å². The van der Waals surface area contributed by atoms with E-state index < -0.39 is 6.04 Å². The number of aryl methyl sites for hydroxylation is 1. The first-order chi connectivity index (χ1) is 10.6. The van der Waals surface area contributed by atoms with Gasteiger partial charge in [-0.3, -0.25) is 9.59 Å². The van der Waals surface area contributed by atoms with Crippen molar-refractivity contribution in [3.8, 4) is 0 Å². The molecule has 0 aliphatic carbocycles. The van der Waals surface area contributed by atoms with E-state index in [2.05, 4.69) is 21.2 Å². The zero-order chi connectivity index (χ0) is 15.7. The number of nitrogens with one attached hydrogen (secondary N) is 1. The smallest absolute Gasteiger partial charge is 0.256 e. The largest absolute Gasteiger partial charge is 0.372 e. The number of halogens is 1. The van der Waals surface area contributed by atoms with Crippen LogP contribution in [0.2, 0.25) is 0 Å². The number of hydrogen-bond acceptors (Lipinski definition) is 3. The standard InChI is InChI=1S/C17H15BrN2O2/c1-11-5-4-6-12(9-11)20-16(21)10-15(17(20)22)19-14-8-3-2-7-13(14)18/h2-9,15,19H,10H2,1H3/t15-/m0/s1. The highest BCUT2D eigenvalue weighted by Crippen LogP contribution is 2.28. The Morgan fingerprint density at radius 2 is 1.91 bits per heavy atom. The normalized spacial score (nSPS) is 17.9. The van der Waals surface area contributed by atoms with Gasteiger partial charge in [0, 0.05) is 10.2 Å². The Balaban J connectivity index is 1.84. The molecule has 2 amide bonds. The number of benzene rings is 2. The summed E-state index contributed by atoms with van der Waals surface area (Å²) >= 11 is 3.44. The predicted octanol–water partition coefficient (Wildman–Crippen LogP) is 3.50. The van der Waals surface area contributed by atoms with E-state index in [0.29, 0.717) is 5.69 Å². The van der Waals surface area contributed by atoms with Crippen LogP contribution in [0.25, 0.3) is 0 Å². The van der Waals surface area contributed by atoms with Gasteiger partial charge in [-0.2, -0.15) is 0 Å². The van der Waals surface area contributed by atoms with Crippen LogP contribution >= 0.6 is 15.9 Å². The minimum atomic E-state index is -0.535. The Kier molecular flexibility index (Phi) is 3.98. The van der Waals surface area contributed by atoms with E-state index in [9.17, 15) is 9.59 Å². The molecule has 0 aromatic heterocycles. The van der Waals surface area contributed by atoms with Gasteiger partial charge < -0.3 is 5.32 Å². The first-order valence-corrected chi connectivity index (χ1v) is 7.80. The molecule has 0 radical (unpaired) electrons. The van der Waals surface area contributed by atoms with E-state index in [4.69, 9.17) is 0 Å². The number of anilines is 2. The van der Waals surface area contributed by atoms with E-state index >= 15 is 0 Å². The Bertz CT molecular complexity index is 745. The molecule has 1 N–H and O–H groups in total. The van der Waals surface area contributed by atoms with Crippen molar-refractivity contribution in [1.82, 2.24) is 0 Å². The Hall–Kier alpha value is -2.14. The second-order valence-corrected chi connectivity index (χ2v) is 6.14. The molecule has 1 fully saturated rings. The van der Waals surface area contributed by atoms with Crippen molar-refractivity contribution in [2.75, 3.05) is 10.2 Å². The molecule has 3 rings (SSSR count). The van der Waals surface area contributed by atoms with Gasteiger partial charge in [-0.1, -0.05) is 24.3 Å². The van der Waals surface area contributed by atoms with Crippen molar-refractivity contribution in [2.45, 2.75) is 19.4 Å². The number of rotatable bonds is 3. The second kappa shape index (κ2) is 5.93. The first-order valence-electron chi connectivity index (χ1n) is 7.01. The van der Waals surface area contributed by atoms with Gasteiger partial charge >= 0.3 is 0 Å². The van der Waals surface area contributed by atoms with Gasteiger partial charge in [0.1, 0.15) is 6.04 Å². The average molecular weight is 359 g/mol. The predicted molar refractivity (Wildman–Crippen MR) is 89.8 cm³/mol. The third kappa shape index (κ3) is 2.76. The zero-order valence-electron chi connectivity index (χ0n) is 12.0. The lowest BCUT2D eigenvalue weighted by Gasteiger charge is -2.17. The summed E-state index contributed by atoms with van der Waals surface area (Å²) in [7, 11) is 0. The number of hydrogen-bond donors (Lipinski definition) is 1. The van der Waals surface area contributed by atoms with Crippen LogP contribution in [0.15, 0.2) is 53.0 Å². The lowest BCUT2D eigenvalue weighted by Crippen LogP contribution is -2.34. The lowest BCUT2D eigenvalue weighted by atomic mass is 10.2. The number of para-hydroxylation sites is 1. The van der Waals surface area contributed by atoms with Crippen molar-refractivity contribution in [1.29, 1.82) is 0 Å². The molecule has 0 saturated carbocycles. The summed E-state index contributed by atoms with van der Waals surface area (Å²) in [6.07, 6.45) is 0.161. The number of carbonyl (C=O) groups excluding carboxylic acids is 2. The van der Waals surface area contributed by atoms with Gasteiger partial charge in [-0.05, 0) is 52.7 Å². The average Bonchev–Trinajstić information content (AvgIpc) is 2.76. The molecule has 0 unspecified atom stereocenters.